The van der Waals surface area contributed by atoms with E-state index in [4.69, 9.17) is 0 Å². The van der Waals surface area contributed by atoms with Crippen LogP contribution in [-0.2, 0) is 9.59 Å². The van der Waals surface area contributed by atoms with Crippen molar-refractivity contribution in [1.82, 2.24) is 10.3 Å². The molecule has 6 rings (SSSR count). The highest BCUT2D eigenvalue weighted by molar-refractivity contribution is 8.00. The second-order valence-electron chi connectivity index (χ2n) is 10.5. The summed E-state index contributed by atoms with van der Waals surface area (Å²) in [5, 5.41) is 16.8. The Hall–Kier alpha value is -5.03. The summed E-state index contributed by atoms with van der Waals surface area (Å²) < 4.78 is 0. The van der Waals surface area contributed by atoms with E-state index in [1.807, 2.05) is 71.6 Å². The summed E-state index contributed by atoms with van der Waals surface area (Å²) in [6.45, 7) is 1.96. The Labute approximate surface area is 284 Å². The highest BCUT2D eigenvalue weighted by Gasteiger charge is 2.21. The Balaban J connectivity index is 1.11. The molecule has 234 valence electrons. The Bertz CT molecular complexity index is 2060. The van der Waals surface area contributed by atoms with Gasteiger partial charge in [-0.1, -0.05) is 67.6 Å². The molecule has 47 heavy (non-hydrogen) atoms. The largest absolute Gasteiger partial charge is 0.321 e. The number of benzene rings is 4. The van der Waals surface area contributed by atoms with E-state index < -0.39 is 5.91 Å². The van der Waals surface area contributed by atoms with Crippen LogP contribution in [-0.4, -0.2) is 28.0 Å². The molecule has 0 radical (unpaired) electrons. The molecule has 1 unspecified atom stereocenters. The fraction of sp³-hybridized carbons (Fsp3) is 0.0811. The van der Waals surface area contributed by atoms with Crippen LogP contribution in [0, 0.1) is 0 Å². The van der Waals surface area contributed by atoms with Gasteiger partial charge in [-0.05, 0) is 82.1 Å². The Morgan fingerprint density at radius 2 is 1.66 bits per heavy atom. The Morgan fingerprint density at radius 1 is 0.851 bits per heavy atom. The molecule has 2 heterocycles. The summed E-state index contributed by atoms with van der Waals surface area (Å²) in [6, 6.07) is 32.3. The highest BCUT2D eigenvalue weighted by atomic mass is 32.2. The van der Waals surface area contributed by atoms with Gasteiger partial charge in [0.25, 0.3) is 11.8 Å². The van der Waals surface area contributed by atoms with Crippen molar-refractivity contribution >= 4 is 79.8 Å². The van der Waals surface area contributed by atoms with Crippen LogP contribution in [0.5, 0.6) is 0 Å². The zero-order valence-corrected chi connectivity index (χ0v) is 27.8. The van der Waals surface area contributed by atoms with E-state index in [0.29, 0.717) is 22.8 Å². The number of hydrogen-bond donors (Lipinski definition) is 3. The first-order chi connectivity index (χ1) is 22.9. The van der Waals surface area contributed by atoms with E-state index in [1.165, 1.54) is 34.4 Å². The fourth-order valence-corrected chi connectivity index (χ4v) is 7.15. The third-order valence-corrected chi connectivity index (χ3v) is 10.0. The van der Waals surface area contributed by atoms with E-state index in [2.05, 4.69) is 45.2 Å². The van der Waals surface area contributed by atoms with Gasteiger partial charge in [0.1, 0.15) is 5.70 Å². The molecule has 0 aliphatic carbocycles. The minimum atomic E-state index is -0.460. The second-order valence-corrected chi connectivity index (χ2v) is 13.4. The van der Waals surface area contributed by atoms with Crippen molar-refractivity contribution in [3.63, 3.8) is 0 Å². The van der Waals surface area contributed by atoms with Gasteiger partial charge in [0.15, 0.2) is 5.13 Å². The molecule has 0 saturated heterocycles. The molecule has 0 aliphatic heterocycles. The van der Waals surface area contributed by atoms with Gasteiger partial charge in [-0.15, -0.1) is 23.1 Å². The molecule has 0 fully saturated rings. The number of thiophene rings is 1. The van der Waals surface area contributed by atoms with Gasteiger partial charge < -0.3 is 16.0 Å². The first-order valence-electron chi connectivity index (χ1n) is 14.9. The zero-order chi connectivity index (χ0) is 32.6. The average Bonchev–Trinajstić information content (AvgIpc) is 3.80. The maximum absolute atomic E-state index is 13.4. The second kappa shape index (κ2) is 15.0. The van der Waals surface area contributed by atoms with Crippen LogP contribution in [0.4, 0.5) is 10.8 Å². The SMILES string of the molecule is CCC(Sc1cccc(NC(=O)/C(=C/c2ccsc2)NC(=O)c2ccccc2)c1)C(=O)Nc1nc(-c2ccc3ccccc3c2)cs1. The lowest BCUT2D eigenvalue weighted by atomic mass is 10.1. The van der Waals surface area contributed by atoms with Crippen molar-refractivity contribution < 1.29 is 14.4 Å². The summed E-state index contributed by atoms with van der Waals surface area (Å²) in [4.78, 5) is 45.1. The predicted octanol–water partition coefficient (Wildman–Crippen LogP) is 8.94. The number of nitrogens with zero attached hydrogens (tertiary/aromatic N) is 1. The van der Waals surface area contributed by atoms with Gasteiger partial charge in [-0.3, -0.25) is 14.4 Å². The van der Waals surface area contributed by atoms with Crippen molar-refractivity contribution in [1.29, 1.82) is 0 Å². The lowest BCUT2D eigenvalue weighted by Gasteiger charge is -2.15. The van der Waals surface area contributed by atoms with Crippen molar-refractivity contribution in [2.45, 2.75) is 23.5 Å². The van der Waals surface area contributed by atoms with Gasteiger partial charge in [0, 0.05) is 27.1 Å². The first-order valence-corrected chi connectivity index (χ1v) is 17.6. The number of anilines is 2. The van der Waals surface area contributed by atoms with Crippen LogP contribution in [0.3, 0.4) is 0 Å². The third-order valence-electron chi connectivity index (χ3n) is 7.20. The molecule has 1 atom stereocenters. The monoisotopic (exact) mass is 674 g/mol. The van der Waals surface area contributed by atoms with Gasteiger partial charge >= 0.3 is 0 Å². The lowest BCUT2D eigenvalue weighted by Crippen LogP contribution is -2.30. The smallest absolute Gasteiger partial charge is 0.272 e. The molecule has 0 saturated carbocycles. The number of thioether (sulfide) groups is 1. The third kappa shape index (κ3) is 8.23. The summed E-state index contributed by atoms with van der Waals surface area (Å²) >= 11 is 4.30. The van der Waals surface area contributed by atoms with Crippen molar-refractivity contribution in [2.24, 2.45) is 0 Å². The molecule has 10 heteroatoms. The molecular weight excluding hydrogens is 645 g/mol. The highest BCUT2D eigenvalue weighted by Crippen LogP contribution is 2.31. The number of thiazole rings is 1. The molecule has 4 aromatic carbocycles. The Kier molecular flexibility index (Phi) is 10.2. The number of rotatable bonds is 11. The quantitative estimate of drug-likeness (QED) is 0.0941. The number of aromatic nitrogens is 1. The van der Waals surface area contributed by atoms with Crippen LogP contribution in [0.1, 0.15) is 29.3 Å². The molecule has 7 nitrogen and oxygen atoms in total. The van der Waals surface area contributed by atoms with Gasteiger partial charge in [-0.25, -0.2) is 4.98 Å². The van der Waals surface area contributed by atoms with Crippen molar-refractivity contribution in [2.75, 3.05) is 10.6 Å². The van der Waals surface area contributed by atoms with Crippen LogP contribution in [0.2, 0.25) is 0 Å². The van der Waals surface area contributed by atoms with E-state index in [0.717, 1.165) is 32.5 Å². The van der Waals surface area contributed by atoms with E-state index in [9.17, 15) is 14.4 Å². The number of carbonyl (C=O) groups is 3. The number of amides is 3. The van der Waals surface area contributed by atoms with E-state index in [-0.39, 0.29) is 22.8 Å². The van der Waals surface area contributed by atoms with Crippen LogP contribution in [0.15, 0.2) is 130 Å². The zero-order valence-electron chi connectivity index (χ0n) is 25.3. The minimum Gasteiger partial charge on any atom is -0.321 e. The Morgan fingerprint density at radius 3 is 2.45 bits per heavy atom. The van der Waals surface area contributed by atoms with Crippen molar-refractivity contribution in [3.8, 4) is 11.3 Å². The summed E-state index contributed by atoms with van der Waals surface area (Å²) in [5.41, 5.74) is 3.72. The van der Waals surface area contributed by atoms with Crippen LogP contribution >= 0.6 is 34.4 Å². The molecule has 0 aliphatic rings. The van der Waals surface area contributed by atoms with E-state index >= 15 is 0 Å². The maximum atomic E-state index is 13.4. The lowest BCUT2D eigenvalue weighted by molar-refractivity contribution is -0.116. The van der Waals surface area contributed by atoms with Crippen LogP contribution < -0.4 is 16.0 Å². The molecule has 3 N–H and O–H groups in total. The fourth-order valence-electron chi connectivity index (χ4n) is 4.80. The van der Waals surface area contributed by atoms with Crippen LogP contribution in [0.25, 0.3) is 28.1 Å². The minimum absolute atomic E-state index is 0.118. The molecular formula is C37H30N4O3S3. The summed E-state index contributed by atoms with van der Waals surface area (Å²) in [7, 11) is 0. The molecule has 2 aromatic heterocycles. The number of nitrogens with one attached hydrogen (secondary N) is 3. The predicted molar refractivity (Wildman–Crippen MR) is 195 cm³/mol. The number of fused-ring (bicyclic) bond motifs is 1. The topological polar surface area (TPSA) is 100 Å². The molecule has 3 amide bonds. The number of carbonyl (C=O) groups excluding carboxylic acids is 3. The van der Waals surface area contributed by atoms with Crippen molar-refractivity contribution in [3.05, 3.63) is 136 Å². The standard InChI is InChI=1S/C37H30N4O3S3/c1-2-33(36(44)41-37-40-32(23-46-37)28-16-15-25-9-6-7-12-27(25)20-28)47-30-14-8-13-29(21-30)38-35(43)31(19-24-17-18-45-22-24)39-34(42)26-10-4-3-5-11-26/h3-23,33H,2H2,1H3,(H,38,43)(H,39,42)(H,40,41,44)/b31-19-. The van der Waals surface area contributed by atoms with Gasteiger partial charge in [0.2, 0.25) is 5.91 Å². The summed E-state index contributed by atoms with van der Waals surface area (Å²) in [6.07, 6.45) is 2.24. The summed E-state index contributed by atoms with van der Waals surface area (Å²) in [5.74, 6) is -0.984. The maximum Gasteiger partial charge on any atom is 0.272 e. The first kappa shape index (κ1) is 31.9. The normalized spacial score (nSPS) is 12.0. The molecule has 0 bridgehead atoms. The van der Waals surface area contributed by atoms with Gasteiger partial charge in [0.05, 0.1) is 10.9 Å². The molecule has 0 spiro atoms. The van der Waals surface area contributed by atoms with Gasteiger partial charge in [-0.2, -0.15) is 11.3 Å². The van der Waals surface area contributed by atoms with E-state index in [1.54, 1.807) is 36.4 Å². The number of hydrogen-bond acceptors (Lipinski definition) is 7. The average molecular weight is 675 g/mol. The molecule has 6 aromatic rings.